The third kappa shape index (κ3) is 1.87. The number of carbonyl (C=O) groups excluding carboxylic acids is 1. The van der Waals surface area contributed by atoms with Gasteiger partial charge in [0.05, 0.1) is 0 Å². The molecule has 3 heteroatoms. The first-order valence-corrected chi connectivity index (χ1v) is 4.88. The third-order valence-electron chi connectivity index (χ3n) is 2.56. The first kappa shape index (κ1) is 9.06. The minimum atomic E-state index is 0.366. The lowest BCUT2D eigenvalue weighted by Crippen LogP contribution is -2.33. The SMILES string of the molecule is Nc1cccc(N2CCC(=O)CC2)c1. The number of carbonyl (C=O) groups is 1. The number of ketones is 1. The molecule has 0 atom stereocenters. The molecule has 14 heavy (non-hydrogen) atoms. The Hall–Kier alpha value is -1.51. The number of anilines is 2. The van der Waals surface area contributed by atoms with Gasteiger partial charge in [0.15, 0.2) is 0 Å². The largest absolute Gasteiger partial charge is 0.399 e. The fourth-order valence-corrected chi connectivity index (χ4v) is 1.74. The second kappa shape index (κ2) is 3.70. The van der Waals surface area contributed by atoms with Crippen molar-refractivity contribution in [3.8, 4) is 0 Å². The van der Waals surface area contributed by atoms with Gasteiger partial charge in [0, 0.05) is 37.3 Å². The van der Waals surface area contributed by atoms with Crippen LogP contribution in [0.1, 0.15) is 12.8 Å². The van der Waals surface area contributed by atoms with Crippen LogP contribution in [0.15, 0.2) is 24.3 Å². The quantitative estimate of drug-likeness (QED) is 0.681. The molecular formula is C11H14N2O. The lowest BCUT2D eigenvalue weighted by molar-refractivity contribution is -0.119. The lowest BCUT2D eigenvalue weighted by atomic mass is 10.1. The summed E-state index contributed by atoms with van der Waals surface area (Å²) in [5.74, 6) is 0.366. The van der Waals surface area contributed by atoms with E-state index in [9.17, 15) is 4.79 Å². The molecule has 0 spiro atoms. The number of hydrogen-bond acceptors (Lipinski definition) is 3. The van der Waals surface area contributed by atoms with Crippen molar-refractivity contribution in [2.45, 2.75) is 12.8 Å². The van der Waals surface area contributed by atoms with Crippen LogP contribution >= 0.6 is 0 Å². The standard InChI is InChI=1S/C11H14N2O/c12-9-2-1-3-10(8-9)13-6-4-11(14)5-7-13/h1-3,8H,4-7,12H2. The third-order valence-corrected chi connectivity index (χ3v) is 2.56. The minimum absolute atomic E-state index is 0.366. The molecule has 0 radical (unpaired) electrons. The maximum Gasteiger partial charge on any atom is 0.136 e. The van der Waals surface area contributed by atoms with Gasteiger partial charge >= 0.3 is 0 Å². The number of nitrogens with two attached hydrogens (primary N) is 1. The van der Waals surface area contributed by atoms with Gasteiger partial charge < -0.3 is 10.6 Å². The van der Waals surface area contributed by atoms with Crippen molar-refractivity contribution < 1.29 is 4.79 Å². The van der Waals surface area contributed by atoms with E-state index in [-0.39, 0.29) is 0 Å². The van der Waals surface area contributed by atoms with Gasteiger partial charge in [-0.25, -0.2) is 0 Å². The van der Waals surface area contributed by atoms with Crippen molar-refractivity contribution in [1.82, 2.24) is 0 Å². The molecule has 0 bridgehead atoms. The molecule has 0 aliphatic carbocycles. The van der Waals surface area contributed by atoms with Gasteiger partial charge in [-0.05, 0) is 18.2 Å². The Morgan fingerprint density at radius 3 is 2.57 bits per heavy atom. The molecule has 0 amide bonds. The van der Waals surface area contributed by atoms with Crippen LogP contribution in [0, 0.1) is 0 Å². The summed E-state index contributed by atoms with van der Waals surface area (Å²) in [7, 11) is 0. The van der Waals surface area contributed by atoms with Crippen molar-refractivity contribution in [2.24, 2.45) is 0 Å². The summed E-state index contributed by atoms with van der Waals surface area (Å²) in [4.78, 5) is 13.3. The zero-order valence-corrected chi connectivity index (χ0v) is 8.07. The predicted molar refractivity (Wildman–Crippen MR) is 57.3 cm³/mol. The second-order valence-corrected chi connectivity index (χ2v) is 3.62. The highest BCUT2D eigenvalue weighted by molar-refractivity contribution is 5.81. The van der Waals surface area contributed by atoms with Gasteiger partial charge in [-0.15, -0.1) is 0 Å². The summed E-state index contributed by atoms with van der Waals surface area (Å²) in [5.41, 5.74) is 7.60. The molecule has 0 saturated carbocycles. The molecule has 74 valence electrons. The monoisotopic (exact) mass is 190 g/mol. The van der Waals surface area contributed by atoms with Gasteiger partial charge in [-0.2, -0.15) is 0 Å². The first-order valence-electron chi connectivity index (χ1n) is 4.88. The topological polar surface area (TPSA) is 46.3 Å². The zero-order chi connectivity index (χ0) is 9.97. The van der Waals surface area contributed by atoms with Crippen molar-refractivity contribution in [3.05, 3.63) is 24.3 Å². The number of piperidine rings is 1. The summed E-state index contributed by atoms with van der Waals surface area (Å²) in [6.07, 6.45) is 1.32. The molecule has 2 N–H and O–H groups in total. The van der Waals surface area contributed by atoms with Gasteiger partial charge in [-0.3, -0.25) is 4.79 Å². The highest BCUT2D eigenvalue weighted by Crippen LogP contribution is 2.20. The number of nitrogens with zero attached hydrogens (tertiary/aromatic N) is 1. The lowest BCUT2D eigenvalue weighted by Gasteiger charge is -2.28. The van der Waals surface area contributed by atoms with Crippen LogP contribution in [0.3, 0.4) is 0 Å². The Balaban J connectivity index is 2.12. The summed E-state index contributed by atoms with van der Waals surface area (Å²) in [6.45, 7) is 1.64. The van der Waals surface area contributed by atoms with Gasteiger partial charge in [0.1, 0.15) is 5.78 Å². The average Bonchev–Trinajstić information content (AvgIpc) is 2.19. The predicted octanol–water partition coefficient (Wildman–Crippen LogP) is 1.44. The summed E-state index contributed by atoms with van der Waals surface area (Å²) in [5, 5.41) is 0. The van der Waals surface area contributed by atoms with Crippen LogP contribution in [0.4, 0.5) is 11.4 Å². The number of nitrogen functional groups attached to an aromatic ring is 1. The Labute approximate surface area is 83.5 Å². The molecule has 2 rings (SSSR count). The normalized spacial score (nSPS) is 17.1. The fraction of sp³-hybridized carbons (Fsp3) is 0.364. The van der Waals surface area contributed by atoms with E-state index in [0.29, 0.717) is 18.6 Å². The van der Waals surface area contributed by atoms with Crippen LogP contribution in [-0.4, -0.2) is 18.9 Å². The van der Waals surface area contributed by atoms with Crippen molar-refractivity contribution >= 4 is 17.2 Å². The van der Waals surface area contributed by atoms with E-state index >= 15 is 0 Å². The number of rotatable bonds is 1. The van der Waals surface area contributed by atoms with Crippen LogP contribution in [-0.2, 0) is 4.79 Å². The number of Topliss-reactive ketones (excluding diaryl/α,β-unsaturated/α-hetero) is 1. The Kier molecular flexibility index (Phi) is 2.39. The van der Waals surface area contributed by atoms with E-state index in [1.54, 1.807) is 0 Å². The maximum atomic E-state index is 11.1. The zero-order valence-electron chi connectivity index (χ0n) is 8.07. The molecule has 1 aromatic carbocycles. The Bertz CT molecular complexity index is 339. The Morgan fingerprint density at radius 2 is 1.93 bits per heavy atom. The first-order chi connectivity index (χ1) is 6.75. The fourth-order valence-electron chi connectivity index (χ4n) is 1.74. The van der Waals surface area contributed by atoms with E-state index in [1.165, 1.54) is 0 Å². The summed E-state index contributed by atoms with van der Waals surface area (Å²) < 4.78 is 0. The molecule has 1 fully saturated rings. The molecule has 0 aromatic heterocycles. The van der Waals surface area contributed by atoms with E-state index in [1.807, 2.05) is 24.3 Å². The van der Waals surface area contributed by atoms with Crippen molar-refractivity contribution in [2.75, 3.05) is 23.7 Å². The van der Waals surface area contributed by atoms with Crippen molar-refractivity contribution in [3.63, 3.8) is 0 Å². The molecule has 1 saturated heterocycles. The summed E-state index contributed by atoms with van der Waals surface area (Å²) in [6, 6.07) is 7.81. The molecular weight excluding hydrogens is 176 g/mol. The van der Waals surface area contributed by atoms with E-state index in [4.69, 9.17) is 5.73 Å². The number of benzene rings is 1. The molecule has 1 aromatic rings. The maximum absolute atomic E-state index is 11.1. The Morgan fingerprint density at radius 1 is 1.21 bits per heavy atom. The molecule has 0 unspecified atom stereocenters. The highest BCUT2D eigenvalue weighted by atomic mass is 16.1. The summed E-state index contributed by atoms with van der Waals surface area (Å²) >= 11 is 0. The molecule has 1 aliphatic rings. The van der Waals surface area contributed by atoms with E-state index in [2.05, 4.69) is 4.90 Å². The molecule has 3 nitrogen and oxygen atoms in total. The minimum Gasteiger partial charge on any atom is -0.399 e. The second-order valence-electron chi connectivity index (χ2n) is 3.62. The van der Waals surface area contributed by atoms with Crippen molar-refractivity contribution in [1.29, 1.82) is 0 Å². The van der Waals surface area contributed by atoms with Gasteiger partial charge in [0.25, 0.3) is 0 Å². The van der Waals surface area contributed by atoms with Gasteiger partial charge in [-0.1, -0.05) is 6.07 Å². The van der Waals surface area contributed by atoms with Gasteiger partial charge in [0.2, 0.25) is 0 Å². The van der Waals surface area contributed by atoms with Crippen LogP contribution in [0.25, 0.3) is 0 Å². The van der Waals surface area contributed by atoms with E-state index in [0.717, 1.165) is 24.5 Å². The van der Waals surface area contributed by atoms with Crippen LogP contribution in [0.5, 0.6) is 0 Å². The average molecular weight is 190 g/mol. The molecule has 1 heterocycles. The number of hydrogen-bond donors (Lipinski definition) is 1. The van der Waals surface area contributed by atoms with Crippen LogP contribution in [0.2, 0.25) is 0 Å². The highest BCUT2D eigenvalue weighted by Gasteiger charge is 2.15. The van der Waals surface area contributed by atoms with Crippen LogP contribution < -0.4 is 10.6 Å². The van der Waals surface area contributed by atoms with E-state index < -0.39 is 0 Å². The molecule has 1 aliphatic heterocycles. The smallest absolute Gasteiger partial charge is 0.136 e.